The minimum absolute atomic E-state index is 0.153. The third-order valence-corrected chi connectivity index (χ3v) is 5.57. The lowest BCUT2D eigenvalue weighted by molar-refractivity contribution is -0.137. The Morgan fingerprint density at radius 2 is 2.06 bits per heavy atom. The van der Waals surface area contributed by atoms with E-state index in [0.717, 1.165) is 17.7 Å². The predicted molar refractivity (Wildman–Crippen MR) is 119 cm³/mol. The van der Waals surface area contributed by atoms with E-state index in [-0.39, 0.29) is 24.8 Å². The molecule has 1 aliphatic heterocycles. The molecule has 0 bridgehead atoms. The number of anilines is 2. The highest BCUT2D eigenvalue weighted by atomic mass is 19.4. The van der Waals surface area contributed by atoms with E-state index < -0.39 is 11.7 Å². The summed E-state index contributed by atoms with van der Waals surface area (Å²) < 4.78 is 45.3. The van der Waals surface area contributed by atoms with Crippen LogP contribution in [0.1, 0.15) is 11.1 Å². The first-order valence-electron chi connectivity index (χ1n) is 10.2. The maximum atomic E-state index is 13.1. The van der Waals surface area contributed by atoms with Gasteiger partial charge in [-0.15, -0.1) is 0 Å². The number of nitrogens with one attached hydrogen (secondary N) is 1. The molecule has 0 aliphatic carbocycles. The van der Waals surface area contributed by atoms with Crippen molar-refractivity contribution in [2.75, 3.05) is 18.1 Å². The van der Waals surface area contributed by atoms with Gasteiger partial charge < -0.3 is 19.7 Å². The molecule has 1 aliphatic rings. The normalized spacial score (nSPS) is 15.9. The van der Waals surface area contributed by atoms with Crippen LogP contribution in [-0.4, -0.2) is 39.3 Å². The molecule has 1 atom stereocenters. The zero-order valence-electron chi connectivity index (χ0n) is 17.3. The van der Waals surface area contributed by atoms with Gasteiger partial charge in [0, 0.05) is 6.20 Å². The fourth-order valence-electron chi connectivity index (χ4n) is 3.92. The molecule has 0 amide bonds. The van der Waals surface area contributed by atoms with Crippen LogP contribution in [0.2, 0.25) is 0 Å². The molecule has 0 saturated heterocycles. The molecular formula is C24H19F3N4O2. The summed E-state index contributed by atoms with van der Waals surface area (Å²) >= 11 is 0. The summed E-state index contributed by atoms with van der Waals surface area (Å²) in [5.74, 6) is 1.52. The van der Waals surface area contributed by atoms with Gasteiger partial charge in [-0.05, 0) is 48.0 Å². The largest absolute Gasteiger partial charge is 0.488 e. The van der Waals surface area contributed by atoms with Crippen molar-refractivity contribution >= 4 is 28.6 Å². The van der Waals surface area contributed by atoms with Gasteiger partial charge in [0.2, 0.25) is 0 Å². The fourth-order valence-corrected chi connectivity index (χ4v) is 3.92. The van der Waals surface area contributed by atoms with Crippen LogP contribution < -0.4 is 9.64 Å². The standard InChI is InChI=1S/C24H19F3N4O2/c1-2-14-6-9-21(28-11-14)31-16(12-32)13-33-22-17(4-3-5-20(22)31)23-29-18-8-7-15(24(25,26)27)10-19(18)30-23/h2-11,16,32H,1,12-13H2,(H,29,30). The zero-order valence-corrected chi connectivity index (χ0v) is 17.3. The average molecular weight is 452 g/mol. The summed E-state index contributed by atoms with van der Waals surface area (Å²) in [5, 5.41) is 9.95. The van der Waals surface area contributed by atoms with Gasteiger partial charge in [0.1, 0.15) is 18.2 Å². The first-order valence-corrected chi connectivity index (χ1v) is 10.2. The summed E-state index contributed by atoms with van der Waals surface area (Å²) in [4.78, 5) is 13.8. The van der Waals surface area contributed by atoms with Gasteiger partial charge in [-0.25, -0.2) is 9.97 Å². The number of imidazole rings is 1. The molecule has 33 heavy (non-hydrogen) atoms. The Labute approximate surface area is 187 Å². The molecular weight excluding hydrogens is 433 g/mol. The van der Waals surface area contributed by atoms with Crippen molar-refractivity contribution in [1.82, 2.24) is 15.0 Å². The Balaban J connectivity index is 1.61. The molecule has 0 fully saturated rings. The minimum atomic E-state index is -4.44. The van der Waals surface area contributed by atoms with Crippen LogP contribution in [0.15, 0.2) is 61.3 Å². The number of rotatable bonds is 4. The Morgan fingerprint density at radius 3 is 2.76 bits per heavy atom. The second kappa shape index (κ2) is 7.93. The van der Waals surface area contributed by atoms with Crippen LogP contribution >= 0.6 is 0 Å². The number of nitrogens with zero attached hydrogens (tertiary/aromatic N) is 3. The maximum absolute atomic E-state index is 13.1. The van der Waals surface area contributed by atoms with Gasteiger partial charge in [0.25, 0.3) is 0 Å². The Kier molecular flexibility index (Phi) is 5.05. The first-order chi connectivity index (χ1) is 15.9. The number of H-pyrrole nitrogens is 1. The zero-order chi connectivity index (χ0) is 23.2. The van der Waals surface area contributed by atoms with Crippen molar-refractivity contribution in [2.45, 2.75) is 12.2 Å². The highest BCUT2D eigenvalue weighted by molar-refractivity contribution is 5.85. The minimum Gasteiger partial charge on any atom is -0.488 e. The van der Waals surface area contributed by atoms with Crippen LogP contribution in [0.25, 0.3) is 28.5 Å². The lowest BCUT2D eigenvalue weighted by Crippen LogP contribution is -2.43. The van der Waals surface area contributed by atoms with Crippen molar-refractivity contribution < 1.29 is 23.0 Å². The van der Waals surface area contributed by atoms with Crippen molar-refractivity contribution in [1.29, 1.82) is 0 Å². The van der Waals surface area contributed by atoms with Crippen molar-refractivity contribution in [3.05, 3.63) is 72.4 Å². The molecule has 2 N–H and O–H groups in total. The van der Waals surface area contributed by atoms with Crippen LogP contribution in [0.3, 0.4) is 0 Å². The average Bonchev–Trinajstić information content (AvgIpc) is 3.25. The van der Waals surface area contributed by atoms with E-state index in [2.05, 4.69) is 21.5 Å². The molecule has 0 spiro atoms. The first kappa shape index (κ1) is 21.0. The molecule has 3 heterocycles. The summed E-state index contributed by atoms with van der Waals surface area (Å²) in [7, 11) is 0. The number of hydrogen-bond acceptors (Lipinski definition) is 5. The number of benzene rings is 2. The number of pyridine rings is 1. The maximum Gasteiger partial charge on any atom is 0.416 e. The highest BCUT2D eigenvalue weighted by Crippen LogP contribution is 2.44. The molecule has 5 rings (SSSR count). The number of fused-ring (bicyclic) bond motifs is 2. The van der Waals surface area contributed by atoms with Gasteiger partial charge >= 0.3 is 6.18 Å². The summed E-state index contributed by atoms with van der Waals surface area (Å²) in [6.45, 7) is 3.78. The highest BCUT2D eigenvalue weighted by Gasteiger charge is 2.33. The molecule has 0 saturated carbocycles. The lowest BCUT2D eigenvalue weighted by atomic mass is 10.1. The van der Waals surface area contributed by atoms with Crippen LogP contribution in [-0.2, 0) is 6.18 Å². The number of para-hydroxylation sites is 1. The molecule has 6 nitrogen and oxygen atoms in total. The monoisotopic (exact) mass is 452 g/mol. The Hall–Kier alpha value is -3.85. The fraction of sp³-hybridized carbons (Fsp3) is 0.167. The number of aliphatic hydroxyl groups is 1. The van der Waals surface area contributed by atoms with Crippen LogP contribution in [0.5, 0.6) is 5.75 Å². The summed E-state index contributed by atoms with van der Waals surface area (Å²) in [5.41, 5.74) is 2.08. The predicted octanol–water partition coefficient (Wildman–Crippen LogP) is 5.18. The molecule has 1 unspecified atom stereocenters. The number of aromatic nitrogens is 3. The van der Waals surface area contributed by atoms with E-state index in [1.54, 1.807) is 24.4 Å². The second-order valence-electron chi connectivity index (χ2n) is 7.64. The lowest BCUT2D eigenvalue weighted by Gasteiger charge is -2.37. The number of ether oxygens (including phenoxy) is 1. The third-order valence-electron chi connectivity index (χ3n) is 5.57. The van der Waals surface area contributed by atoms with Crippen molar-refractivity contribution in [3.63, 3.8) is 0 Å². The number of hydrogen-bond donors (Lipinski definition) is 2. The van der Waals surface area contributed by atoms with E-state index in [1.807, 2.05) is 23.1 Å². The van der Waals surface area contributed by atoms with Gasteiger partial charge in [0.15, 0.2) is 5.75 Å². The van der Waals surface area contributed by atoms with Crippen LogP contribution in [0.4, 0.5) is 24.7 Å². The van der Waals surface area contributed by atoms with Gasteiger partial charge in [-0.3, -0.25) is 0 Å². The molecule has 2 aromatic heterocycles. The Bertz CT molecular complexity index is 1330. The van der Waals surface area contributed by atoms with Gasteiger partial charge in [0.05, 0.1) is 40.5 Å². The van der Waals surface area contributed by atoms with E-state index in [9.17, 15) is 18.3 Å². The molecule has 9 heteroatoms. The quantitative estimate of drug-likeness (QED) is 0.447. The van der Waals surface area contributed by atoms with E-state index in [0.29, 0.717) is 34.2 Å². The SMILES string of the molecule is C=Cc1ccc(N2c3cccc(-c4nc5ccc(C(F)(F)F)cc5[nH]4)c3OCC2CO)nc1. The summed E-state index contributed by atoms with van der Waals surface area (Å²) in [6, 6.07) is 12.2. The number of aliphatic hydroxyl groups excluding tert-OH is 1. The van der Waals surface area contributed by atoms with E-state index >= 15 is 0 Å². The van der Waals surface area contributed by atoms with Crippen molar-refractivity contribution in [2.24, 2.45) is 0 Å². The number of halogens is 3. The molecule has 2 aromatic carbocycles. The topological polar surface area (TPSA) is 74.3 Å². The van der Waals surface area contributed by atoms with Crippen LogP contribution in [0, 0.1) is 0 Å². The smallest absolute Gasteiger partial charge is 0.416 e. The third kappa shape index (κ3) is 3.70. The summed E-state index contributed by atoms with van der Waals surface area (Å²) in [6.07, 6.45) is -1.06. The molecule has 0 radical (unpaired) electrons. The van der Waals surface area contributed by atoms with E-state index in [1.165, 1.54) is 6.07 Å². The van der Waals surface area contributed by atoms with Gasteiger partial charge in [-0.1, -0.05) is 18.7 Å². The Morgan fingerprint density at radius 1 is 1.21 bits per heavy atom. The number of alkyl halides is 3. The van der Waals surface area contributed by atoms with E-state index in [4.69, 9.17) is 4.74 Å². The second-order valence-corrected chi connectivity index (χ2v) is 7.64. The van der Waals surface area contributed by atoms with Crippen molar-refractivity contribution in [3.8, 4) is 17.1 Å². The molecule has 4 aromatic rings. The molecule has 168 valence electrons. The van der Waals surface area contributed by atoms with Gasteiger partial charge in [-0.2, -0.15) is 13.2 Å². The number of aromatic amines is 1.